The molecule has 0 aromatic heterocycles. The summed E-state index contributed by atoms with van der Waals surface area (Å²) in [7, 11) is -3.58. The quantitative estimate of drug-likeness (QED) is 0.642. The fourth-order valence-electron chi connectivity index (χ4n) is 1.68. The Hall–Kier alpha value is -1.51. The molecule has 1 unspecified atom stereocenters. The van der Waals surface area contributed by atoms with Crippen molar-refractivity contribution in [1.29, 1.82) is 0 Å². The molecule has 0 radical (unpaired) electrons. The third-order valence-electron chi connectivity index (χ3n) is 2.61. The molecule has 1 aromatic carbocycles. The van der Waals surface area contributed by atoms with Crippen LogP contribution in [0.5, 0.6) is 0 Å². The van der Waals surface area contributed by atoms with Gasteiger partial charge in [0.05, 0.1) is 4.90 Å². The molecule has 0 saturated heterocycles. The highest BCUT2D eigenvalue weighted by molar-refractivity contribution is 7.89. The van der Waals surface area contributed by atoms with Crippen molar-refractivity contribution in [3.05, 3.63) is 23.3 Å². The van der Waals surface area contributed by atoms with E-state index < -0.39 is 10.0 Å². The molecule has 3 N–H and O–H groups in total. The van der Waals surface area contributed by atoms with E-state index in [-0.39, 0.29) is 10.9 Å². The fourth-order valence-corrected chi connectivity index (χ4v) is 3.28. The van der Waals surface area contributed by atoms with Crippen LogP contribution in [-0.4, -0.2) is 14.5 Å². The molecule has 0 spiro atoms. The maximum absolute atomic E-state index is 12.2. The van der Waals surface area contributed by atoms with Gasteiger partial charge in [-0.15, -0.1) is 12.3 Å². The summed E-state index contributed by atoms with van der Waals surface area (Å²) in [5.74, 6) is 2.43. The zero-order chi connectivity index (χ0) is 13.9. The molecule has 4 nitrogen and oxygen atoms in total. The highest BCUT2D eigenvalue weighted by atomic mass is 32.2. The summed E-state index contributed by atoms with van der Waals surface area (Å²) in [5, 5.41) is 0. The average Bonchev–Trinajstić information content (AvgIpc) is 2.22. The number of sulfonamides is 1. The van der Waals surface area contributed by atoms with E-state index in [9.17, 15) is 8.42 Å². The van der Waals surface area contributed by atoms with Crippen molar-refractivity contribution < 1.29 is 8.42 Å². The first kappa shape index (κ1) is 14.6. The minimum atomic E-state index is -3.58. The van der Waals surface area contributed by atoms with Crippen LogP contribution in [0.1, 0.15) is 24.5 Å². The van der Waals surface area contributed by atoms with Crippen LogP contribution in [0.2, 0.25) is 0 Å². The molecule has 0 saturated carbocycles. The van der Waals surface area contributed by atoms with Crippen LogP contribution in [0.3, 0.4) is 0 Å². The summed E-state index contributed by atoms with van der Waals surface area (Å²) >= 11 is 0. The average molecular weight is 266 g/mol. The number of hydrogen-bond donors (Lipinski definition) is 2. The van der Waals surface area contributed by atoms with Crippen LogP contribution in [0.25, 0.3) is 0 Å². The summed E-state index contributed by atoms with van der Waals surface area (Å²) < 4.78 is 27.0. The predicted molar refractivity (Wildman–Crippen MR) is 73.6 cm³/mol. The SMILES string of the molecule is C#CCC(C)NS(=O)(=O)c1cc(C)cc(N)c1C. The number of nitrogens with one attached hydrogen (secondary N) is 1. The highest BCUT2D eigenvalue weighted by Gasteiger charge is 2.20. The molecule has 0 fully saturated rings. The first-order chi connectivity index (χ1) is 8.27. The Morgan fingerprint density at radius 1 is 1.44 bits per heavy atom. The van der Waals surface area contributed by atoms with Crippen LogP contribution in [0, 0.1) is 26.2 Å². The Bertz CT molecular complexity index is 586. The summed E-state index contributed by atoms with van der Waals surface area (Å²) in [6.07, 6.45) is 5.51. The normalized spacial score (nSPS) is 13.0. The number of nitrogen functional groups attached to an aromatic ring is 1. The van der Waals surface area contributed by atoms with Crippen LogP contribution in [0.4, 0.5) is 5.69 Å². The topological polar surface area (TPSA) is 72.2 Å². The minimum absolute atomic E-state index is 0.212. The summed E-state index contributed by atoms with van der Waals surface area (Å²) in [6.45, 7) is 5.22. The molecule has 18 heavy (non-hydrogen) atoms. The van der Waals surface area contributed by atoms with E-state index in [1.165, 1.54) is 0 Å². The zero-order valence-electron chi connectivity index (χ0n) is 10.8. The van der Waals surface area contributed by atoms with E-state index in [0.717, 1.165) is 5.56 Å². The van der Waals surface area contributed by atoms with E-state index in [4.69, 9.17) is 12.2 Å². The van der Waals surface area contributed by atoms with Gasteiger partial charge >= 0.3 is 0 Å². The number of anilines is 1. The molecule has 0 bridgehead atoms. The highest BCUT2D eigenvalue weighted by Crippen LogP contribution is 2.23. The third-order valence-corrected chi connectivity index (χ3v) is 4.33. The smallest absolute Gasteiger partial charge is 0.241 e. The van der Waals surface area contributed by atoms with Gasteiger partial charge in [-0.25, -0.2) is 13.1 Å². The lowest BCUT2D eigenvalue weighted by molar-refractivity contribution is 0.563. The van der Waals surface area contributed by atoms with Gasteiger partial charge in [0, 0.05) is 18.2 Å². The van der Waals surface area contributed by atoms with Crippen molar-refractivity contribution in [2.45, 2.75) is 38.1 Å². The molecule has 0 aliphatic rings. The van der Waals surface area contributed by atoms with Gasteiger partial charge in [-0.2, -0.15) is 0 Å². The zero-order valence-corrected chi connectivity index (χ0v) is 11.6. The van der Waals surface area contributed by atoms with E-state index in [2.05, 4.69) is 10.6 Å². The van der Waals surface area contributed by atoms with E-state index in [0.29, 0.717) is 17.7 Å². The van der Waals surface area contributed by atoms with Crippen molar-refractivity contribution in [2.24, 2.45) is 0 Å². The summed E-state index contributed by atoms with van der Waals surface area (Å²) in [6, 6.07) is 3.05. The van der Waals surface area contributed by atoms with Crippen molar-refractivity contribution in [1.82, 2.24) is 4.72 Å². The summed E-state index contributed by atoms with van der Waals surface area (Å²) in [4.78, 5) is 0.212. The largest absolute Gasteiger partial charge is 0.398 e. The number of terminal acetylenes is 1. The molecule has 1 rings (SSSR count). The Labute approximate surface area is 109 Å². The van der Waals surface area contributed by atoms with E-state index >= 15 is 0 Å². The van der Waals surface area contributed by atoms with Gasteiger partial charge < -0.3 is 5.73 Å². The Kier molecular flexibility index (Phi) is 4.38. The van der Waals surface area contributed by atoms with Gasteiger partial charge in [0.25, 0.3) is 0 Å². The lowest BCUT2D eigenvalue weighted by Gasteiger charge is -2.15. The number of aryl methyl sites for hydroxylation is 1. The molecule has 0 aliphatic heterocycles. The molecule has 1 atom stereocenters. The van der Waals surface area contributed by atoms with Crippen LogP contribution in [0.15, 0.2) is 17.0 Å². The molecular formula is C13H18N2O2S. The predicted octanol–water partition coefficient (Wildman–Crippen LogP) is 1.58. The van der Waals surface area contributed by atoms with Gasteiger partial charge in [-0.05, 0) is 44.0 Å². The van der Waals surface area contributed by atoms with Crippen LogP contribution >= 0.6 is 0 Å². The Morgan fingerprint density at radius 2 is 2.06 bits per heavy atom. The number of benzene rings is 1. The maximum atomic E-state index is 12.2. The fraction of sp³-hybridized carbons (Fsp3) is 0.385. The van der Waals surface area contributed by atoms with Crippen molar-refractivity contribution in [2.75, 3.05) is 5.73 Å². The van der Waals surface area contributed by atoms with Crippen molar-refractivity contribution in [3.63, 3.8) is 0 Å². The second-order valence-electron chi connectivity index (χ2n) is 4.41. The maximum Gasteiger partial charge on any atom is 0.241 e. The lowest BCUT2D eigenvalue weighted by Crippen LogP contribution is -2.32. The molecule has 98 valence electrons. The van der Waals surface area contributed by atoms with E-state index in [1.54, 1.807) is 32.9 Å². The summed E-state index contributed by atoms with van der Waals surface area (Å²) in [5.41, 5.74) is 7.62. The molecule has 1 aromatic rings. The Morgan fingerprint density at radius 3 is 2.61 bits per heavy atom. The standard InChI is InChI=1S/C13H18N2O2S/c1-5-6-10(3)15-18(16,17)13-8-9(2)7-12(14)11(13)4/h1,7-8,10,15H,6,14H2,2-4H3. The van der Waals surface area contributed by atoms with Gasteiger partial charge in [-0.1, -0.05) is 0 Å². The van der Waals surface area contributed by atoms with Gasteiger partial charge in [-0.3, -0.25) is 0 Å². The van der Waals surface area contributed by atoms with Gasteiger partial charge in [0.1, 0.15) is 0 Å². The second kappa shape index (κ2) is 5.42. The van der Waals surface area contributed by atoms with Gasteiger partial charge in [0.2, 0.25) is 10.0 Å². The monoisotopic (exact) mass is 266 g/mol. The van der Waals surface area contributed by atoms with Crippen LogP contribution in [-0.2, 0) is 10.0 Å². The molecule has 0 amide bonds. The van der Waals surface area contributed by atoms with Gasteiger partial charge in [0.15, 0.2) is 0 Å². The second-order valence-corrected chi connectivity index (χ2v) is 6.09. The number of rotatable bonds is 4. The van der Waals surface area contributed by atoms with Crippen LogP contribution < -0.4 is 10.5 Å². The molecular weight excluding hydrogens is 248 g/mol. The third kappa shape index (κ3) is 3.25. The molecule has 5 heteroatoms. The molecule has 0 aliphatic carbocycles. The first-order valence-electron chi connectivity index (χ1n) is 5.60. The first-order valence-corrected chi connectivity index (χ1v) is 7.08. The number of hydrogen-bond acceptors (Lipinski definition) is 3. The lowest BCUT2D eigenvalue weighted by atomic mass is 10.1. The number of nitrogens with two attached hydrogens (primary N) is 1. The Balaban J connectivity index is 3.18. The van der Waals surface area contributed by atoms with Crippen molar-refractivity contribution >= 4 is 15.7 Å². The minimum Gasteiger partial charge on any atom is -0.398 e. The van der Waals surface area contributed by atoms with Crippen molar-refractivity contribution in [3.8, 4) is 12.3 Å². The van der Waals surface area contributed by atoms with E-state index in [1.807, 2.05) is 0 Å². The molecule has 0 heterocycles.